The lowest BCUT2D eigenvalue weighted by Gasteiger charge is -2.16. The molecule has 0 radical (unpaired) electrons. The van der Waals surface area contributed by atoms with Crippen LogP contribution in [0.25, 0.3) is 43.4 Å². The summed E-state index contributed by atoms with van der Waals surface area (Å²) in [6.07, 6.45) is 1.45. The Bertz CT molecular complexity index is 2060. The second-order valence-electron chi connectivity index (χ2n) is 12.7. The summed E-state index contributed by atoms with van der Waals surface area (Å²) in [6, 6.07) is 35.6. The number of hydrogen-bond acceptors (Lipinski definition) is 6. The summed E-state index contributed by atoms with van der Waals surface area (Å²) in [7, 11) is 0. The van der Waals surface area contributed by atoms with Crippen LogP contribution in [0.3, 0.4) is 0 Å². The van der Waals surface area contributed by atoms with Crippen molar-refractivity contribution in [2.24, 2.45) is 5.92 Å². The SMILES string of the molecule is CCC(C)COc1ccc2ccc(Oc3ccc4ccc(OCC5CO5)c(-c5ccc6ccc(OCC7CO7)cc6c5)c4c3)cc2c1. The van der Waals surface area contributed by atoms with Gasteiger partial charge in [0.15, 0.2) is 0 Å². The molecule has 0 aromatic heterocycles. The molecule has 6 nitrogen and oxygen atoms in total. The van der Waals surface area contributed by atoms with Gasteiger partial charge in [-0.2, -0.15) is 0 Å². The second kappa shape index (κ2) is 12.8. The molecule has 0 amide bonds. The Morgan fingerprint density at radius 2 is 1.15 bits per heavy atom. The lowest BCUT2D eigenvalue weighted by Crippen LogP contribution is -2.07. The molecular weight excluding hydrogens is 588 g/mol. The first-order valence-corrected chi connectivity index (χ1v) is 16.5. The molecule has 8 rings (SSSR count). The summed E-state index contributed by atoms with van der Waals surface area (Å²) in [5.74, 6) is 4.57. The van der Waals surface area contributed by atoms with Crippen LogP contribution < -0.4 is 18.9 Å². The summed E-state index contributed by atoms with van der Waals surface area (Å²) >= 11 is 0. The van der Waals surface area contributed by atoms with Gasteiger partial charge in [-0.25, -0.2) is 0 Å². The number of ether oxygens (including phenoxy) is 6. The highest BCUT2D eigenvalue weighted by Crippen LogP contribution is 2.41. The van der Waals surface area contributed by atoms with Gasteiger partial charge in [0.2, 0.25) is 0 Å². The summed E-state index contributed by atoms with van der Waals surface area (Å²) < 4.78 is 35.7. The highest BCUT2D eigenvalue weighted by atomic mass is 16.6. The Labute approximate surface area is 274 Å². The zero-order valence-corrected chi connectivity index (χ0v) is 26.7. The number of epoxide rings is 2. The number of benzene rings is 6. The Morgan fingerprint density at radius 1 is 0.596 bits per heavy atom. The molecular formula is C41H38O6. The molecule has 3 atom stereocenters. The third-order valence-corrected chi connectivity index (χ3v) is 8.97. The molecule has 238 valence electrons. The van der Waals surface area contributed by atoms with E-state index in [4.69, 9.17) is 28.4 Å². The van der Waals surface area contributed by atoms with Gasteiger partial charge in [-0.1, -0.05) is 62.7 Å². The van der Waals surface area contributed by atoms with E-state index in [1.54, 1.807) is 0 Å². The van der Waals surface area contributed by atoms with Crippen LogP contribution >= 0.6 is 0 Å². The minimum atomic E-state index is 0.147. The van der Waals surface area contributed by atoms with Gasteiger partial charge in [0.05, 0.1) is 19.8 Å². The monoisotopic (exact) mass is 626 g/mol. The van der Waals surface area contributed by atoms with Crippen molar-refractivity contribution in [1.29, 1.82) is 0 Å². The third-order valence-electron chi connectivity index (χ3n) is 8.97. The van der Waals surface area contributed by atoms with E-state index < -0.39 is 0 Å². The lowest BCUT2D eigenvalue weighted by atomic mass is 9.95. The molecule has 6 aromatic carbocycles. The van der Waals surface area contributed by atoms with Gasteiger partial charge in [0.25, 0.3) is 0 Å². The Balaban J connectivity index is 1.14. The van der Waals surface area contributed by atoms with Crippen molar-refractivity contribution in [3.8, 4) is 39.9 Å². The molecule has 0 saturated carbocycles. The first-order valence-electron chi connectivity index (χ1n) is 16.5. The molecule has 3 unspecified atom stereocenters. The first kappa shape index (κ1) is 29.6. The Hall–Kier alpha value is -4.78. The number of hydrogen-bond donors (Lipinski definition) is 0. The highest BCUT2D eigenvalue weighted by molar-refractivity contribution is 6.02. The summed E-state index contributed by atoms with van der Waals surface area (Å²) in [4.78, 5) is 0. The van der Waals surface area contributed by atoms with Gasteiger partial charge in [0, 0.05) is 5.56 Å². The van der Waals surface area contributed by atoms with Gasteiger partial charge < -0.3 is 28.4 Å². The minimum absolute atomic E-state index is 0.147. The van der Waals surface area contributed by atoms with E-state index in [0.29, 0.717) is 25.7 Å². The maximum absolute atomic E-state index is 6.50. The standard InChI is InChI=1S/C41H38O6/c1-3-26(2)21-42-33-11-7-28-8-13-35(19-32(28)18-33)47-36-14-9-29-10-15-40(46-25-38-24-45-38)41(39(29)20-36)30-5-4-27-6-12-34(17-31(27)16-30)43-22-37-23-44-37/h4-20,26,37-38H,3,21-25H2,1-2H3. The molecule has 47 heavy (non-hydrogen) atoms. The molecule has 0 N–H and O–H groups in total. The molecule has 2 aliphatic rings. The van der Waals surface area contributed by atoms with Crippen molar-refractivity contribution < 1.29 is 28.4 Å². The number of rotatable bonds is 13. The maximum Gasteiger partial charge on any atom is 0.128 e. The zero-order chi connectivity index (χ0) is 31.7. The van der Waals surface area contributed by atoms with E-state index >= 15 is 0 Å². The maximum atomic E-state index is 6.50. The quantitative estimate of drug-likeness (QED) is 0.119. The highest BCUT2D eigenvalue weighted by Gasteiger charge is 2.25. The van der Waals surface area contributed by atoms with Gasteiger partial charge in [-0.15, -0.1) is 0 Å². The molecule has 0 spiro atoms. The molecule has 2 saturated heterocycles. The number of fused-ring (bicyclic) bond motifs is 3. The fourth-order valence-corrected chi connectivity index (χ4v) is 5.78. The zero-order valence-electron chi connectivity index (χ0n) is 26.7. The second-order valence-corrected chi connectivity index (χ2v) is 12.7. The molecule has 0 bridgehead atoms. The van der Waals surface area contributed by atoms with Crippen LogP contribution in [0.15, 0.2) is 103 Å². The largest absolute Gasteiger partial charge is 0.493 e. The fraction of sp³-hybridized carbons (Fsp3) is 0.268. The Morgan fingerprint density at radius 3 is 1.85 bits per heavy atom. The van der Waals surface area contributed by atoms with Crippen LogP contribution in [0.1, 0.15) is 20.3 Å². The van der Waals surface area contributed by atoms with Gasteiger partial charge >= 0.3 is 0 Å². The fourth-order valence-electron chi connectivity index (χ4n) is 5.78. The van der Waals surface area contributed by atoms with E-state index in [0.717, 1.165) is 91.8 Å². The average molecular weight is 627 g/mol. The van der Waals surface area contributed by atoms with Crippen LogP contribution in [0.5, 0.6) is 28.7 Å². The summed E-state index contributed by atoms with van der Waals surface area (Å²) in [6.45, 7) is 7.70. The predicted octanol–water partition coefficient (Wildman–Crippen LogP) is 9.59. The average Bonchev–Trinajstić information content (AvgIpc) is 4.04. The van der Waals surface area contributed by atoms with Crippen molar-refractivity contribution in [2.75, 3.05) is 33.0 Å². The van der Waals surface area contributed by atoms with E-state index in [9.17, 15) is 0 Å². The van der Waals surface area contributed by atoms with Crippen LogP contribution in [-0.4, -0.2) is 45.2 Å². The smallest absolute Gasteiger partial charge is 0.128 e. The van der Waals surface area contributed by atoms with Crippen molar-refractivity contribution in [3.63, 3.8) is 0 Å². The van der Waals surface area contributed by atoms with Crippen molar-refractivity contribution in [1.82, 2.24) is 0 Å². The molecule has 2 heterocycles. The molecule has 6 heteroatoms. The summed E-state index contributed by atoms with van der Waals surface area (Å²) in [5, 5.41) is 6.61. The van der Waals surface area contributed by atoms with E-state index in [2.05, 4.69) is 92.7 Å². The summed E-state index contributed by atoms with van der Waals surface area (Å²) in [5.41, 5.74) is 2.08. The van der Waals surface area contributed by atoms with Gasteiger partial charge in [-0.05, 0) is 104 Å². The van der Waals surface area contributed by atoms with Crippen LogP contribution in [0, 0.1) is 5.92 Å². The van der Waals surface area contributed by atoms with Crippen molar-refractivity contribution in [2.45, 2.75) is 32.5 Å². The molecule has 2 fully saturated rings. The predicted molar refractivity (Wildman–Crippen MR) is 186 cm³/mol. The lowest BCUT2D eigenvalue weighted by molar-refractivity contribution is 0.257. The molecule has 6 aromatic rings. The van der Waals surface area contributed by atoms with Crippen LogP contribution in [-0.2, 0) is 9.47 Å². The Kier molecular flexibility index (Phi) is 8.05. The minimum Gasteiger partial charge on any atom is -0.493 e. The van der Waals surface area contributed by atoms with Gasteiger partial charge in [-0.3, -0.25) is 0 Å². The van der Waals surface area contributed by atoms with Crippen LogP contribution in [0.4, 0.5) is 0 Å². The molecule has 0 aliphatic carbocycles. The van der Waals surface area contributed by atoms with Crippen molar-refractivity contribution in [3.05, 3.63) is 103 Å². The van der Waals surface area contributed by atoms with E-state index in [1.165, 1.54) is 0 Å². The molecule has 2 aliphatic heterocycles. The van der Waals surface area contributed by atoms with Crippen LogP contribution in [0.2, 0.25) is 0 Å². The van der Waals surface area contributed by atoms with Crippen molar-refractivity contribution >= 4 is 32.3 Å². The topological polar surface area (TPSA) is 62.0 Å². The van der Waals surface area contributed by atoms with E-state index in [1.807, 2.05) is 24.3 Å². The van der Waals surface area contributed by atoms with E-state index in [-0.39, 0.29) is 12.2 Å². The third kappa shape index (κ3) is 6.85. The first-order chi connectivity index (χ1) is 23.1. The normalized spacial score (nSPS) is 17.5. The van der Waals surface area contributed by atoms with Gasteiger partial charge in [0.1, 0.15) is 54.2 Å².